The zero-order chi connectivity index (χ0) is 12.1. The molecule has 1 aromatic heterocycles. The smallest absolute Gasteiger partial charge is 0.356 e. The molecule has 0 spiro atoms. The van der Waals surface area contributed by atoms with Gasteiger partial charge in [0.2, 0.25) is 0 Å². The van der Waals surface area contributed by atoms with Gasteiger partial charge in [0, 0.05) is 13.6 Å². The van der Waals surface area contributed by atoms with E-state index in [2.05, 4.69) is 16.0 Å². The number of carboxylic acids is 1. The van der Waals surface area contributed by atoms with Gasteiger partial charge in [0.1, 0.15) is 5.82 Å². The van der Waals surface area contributed by atoms with Crippen LogP contribution in [0.25, 0.3) is 0 Å². The molecule has 0 saturated heterocycles. The molecule has 1 rings (SSSR count). The van der Waals surface area contributed by atoms with Crippen molar-refractivity contribution in [3.8, 4) is 6.07 Å². The van der Waals surface area contributed by atoms with Gasteiger partial charge in [-0.2, -0.15) is 5.26 Å². The minimum absolute atomic E-state index is 0.0921. The van der Waals surface area contributed by atoms with Gasteiger partial charge in [-0.25, -0.2) is 14.8 Å². The van der Waals surface area contributed by atoms with Crippen LogP contribution in [0.4, 0.5) is 5.82 Å². The fraction of sp³-hybridized carbons (Fsp3) is 0.400. The minimum atomic E-state index is -1.10. The van der Waals surface area contributed by atoms with Crippen molar-refractivity contribution in [2.24, 2.45) is 5.92 Å². The molecule has 0 saturated carbocycles. The average Bonchev–Trinajstić information content (AvgIpc) is 2.28. The van der Waals surface area contributed by atoms with E-state index in [1.165, 1.54) is 12.4 Å². The van der Waals surface area contributed by atoms with Crippen molar-refractivity contribution < 1.29 is 9.90 Å². The van der Waals surface area contributed by atoms with E-state index >= 15 is 0 Å². The summed E-state index contributed by atoms with van der Waals surface area (Å²) >= 11 is 0. The van der Waals surface area contributed by atoms with Crippen molar-refractivity contribution in [2.45, 2.75) is 6.92 Å². The Hall–Kier alpha value is -2.16. The Labute approximate surface area is 93.2 Å². The topological polar surface area (TPSA) is 90.1 Å². The first-order chi connectivity index (χ1) is 7.54. The van der Waals surface area contributed by atoms with Crippen LogP contribution in [0.3, 0.4) is 0 Å². The van der Waals surface area contributed by atoms with Gasteiger partial charge in [0.15, 0.2) is 5.69 Å². The van der Waals surface area contributed by atoms with Crippen molar-refractivity contribution >= 4 is 11.8 Å². The predicted octanol–water partition coefficient (Wildman–Crippen LogP) is 0.771. The molecule has 84 valence electrons. The van der Waals surface area contributed by atoms with Crippen molar-refractivity contribution in [2.75, 3.05) is 18.5 Å². The Morgan fingerprint density at radius 2 is 2.31 bits per heavy atom. The van der Waals surface area contributed by atoms with Crippen LogP contribution in [-0.2, 0) is 0 Å². The average molecular weight is 220 g/mol. The zero-order valence-electron chi connectivity index (χ0n) is 9.08. The number of carbonyl (C=O) groups is 1. The molecule has 1 atom stereocenters. The van der Waals surface area contributed by atoms with E-state index in [0.29, 0.717) is 12.4 Å². The summed E-state index contributed by atoms with van der Waals surface area (Å²) in [6.45, 7) is 2.33. The van der Waals surface area contributed by atoms with Crippen molar-refractivity contribution in [1.29, 1.82) is 5.26 Å². The standard InChI is InChI=1S/C10H12N4O2/c1-7(3-11)6-14(2)9-5-12-8(4-13-9)10(15)16/h4-5,7H,6H2,1-2H3,(H,15,16). The molecule has 0 amide bonds. The largest absolute Gasteiger partial charge is 0.476 e. The fourth-order valence-electron chi connectivity index (χ4n) is 1.17. The second-order valence-electron chi connectivity index (χ2n) is 3.48. The third-order valence-corrected chi connectivity index (χ3v) is 2.02. The number of aromatic carboxylic acids is 1. The zero-order valence-corrected chi connectivity index (χ0v) is 9.08. The fourth-order valence-corrected chi connectivity index (χ4v) is 1.17. The number of carboxylic acid groups (broad SMARTS) is 1. The summed E-state index contributed by atoms with van der Waals surface area (Å²) in [5.41, 5.74) is -0.0921. The molecule has 0 aromatic carbocycles. The number of nitrogens with zero attached hydrogens (tertiary/aromatic N) is 4. The normalized spacial score (nSPS) is 11.6. The first kappa shape index (κ1) is 11.9. The maximum atomic E-state index is 10.5. The van der Waals surface area contributed by atoms with E-state index in [4.69, 9.17) is 10.4 Å². The second kappa shape index (κ2) is 5.07. The predicted molar refractivity (Wildman–Crippen MR) is 57.0 cm³/mol. The lowest BCUT2D eigenvalue weighted by atomic mass is 10.2. The van der Waals surface area contributed by atoms with E-state index in [0.717, 1.165) is 0 Å². The van der Waals surface area contributed by atoms with Crippen LogP contribution in [0, 0.1) is 17.2 Å². The lowest BCUT2D eigenvalue weighted by Crippen LogP contribution is -2.24. The number of nitriles is 1. The number of hydrogen-bond donors (Lipinski definition) is 1. The Morgan fingerprint density at radius 3 is 2.75 bits per heavy atom. The number of rotatable bonds is 4. The molecule has 1 unspecified atom stereocenters. The molecular formula is C10H12N4O2. The summed E-state index contributed by atoms with van der Waals surface area (Å²) in [6, 6.07) is 2.11. The van der Waals surface area contributed by atoms with Crippen LogP contribution in [-0.4, -0.2) is 34.6 Å². The monoisotopic (exact) mass is 220 g/mol. The van der Waals surface area contributed by atoms with E-state index in [1.54, 1.807) is 18.9 Å². The highest BCUT2D eigenvalue weighted by atomic mass is 16.4. The molecule has 0 radical (unpaired) electrons. The van der Waals surface area contributed by atoms with Crippen molar-refractivity contribution in [1.82, 2.24) is 9.97 Å². The van der Waals surface area contributed by atoms with Gasteiger partial charge in [0.25, 0.3) is 0 Å². The van der Waals surface area contributed by atoms with Gasteiger partial charge < -0.3 is 10.0 Å². The summed E-state index contributed by atoms with van der Waals surface area (Å²) in [7, 11) is 1.78. The Balaban J connectivity index is 2.74. The quantitative estimate of drug-likeness (QED) is 0.806. The molecule has 1 N–H and O–H groups in total. The van der Waals surface area contributed by atoms with Crippen molar-refractivity contribution in [3.63, 3.8) is 0 Å². The number of aromatic nitrogens is 2. The van der Waals surface area contributed by atoms with Gasteiger partial charge in [-0.1, -0.05) is 0 Å². The molecule has 1 heterocycles. The summed E-state index contributed by atoms with van der Waals surface area (Å²) in [4.78, 5) is 20.0. The number of anilines is 1. The highest BCUT2D eigenvalue weighted by molar-refractivity contribution is 5.84. The lowest BCUT2D eigenvalue weighted by molar-refractivity contribution is 0.0690. The Bertz CT molecular complexity index is 410. The summed E-state index contributed by atoms with van der Waals surface area (Å²) in [5.74, 6) is -0.676. The van der Waals surface area contributed by atoms with E-state index < -0.39 is 5.97 Å². The number of hydrogen-bond acceptors (Lipinski definition) is 5. The van der Waals surface area contributed by atoms with Gasteiger partial charge in [-0.15, -0.1) is 0 Å². The molecule has 0 bridgehead atoms. The van der Waals surface area contributed by atoms with Crippen LogP contribution < -0.4 is 4.90 Å². The summed E-state index contributed by atoms with van der Waals surface area (Å²) < 4.78 is 0. The van der Waals surface area contributed by atoms with E-state index in [-0.39, 0.29) is 11.6 Å². The molecule has 6 heteroatoms. The Kier molecular flexibility index (Phi) is 3.78. The van der Waals surface area contributed by atoms with Crippen molar-refractivity contribution in [3.05, 3.63) is 18.1 Å². The molecule has 16 heavy (non-hydrogen) atoms. The second-order valence-corrected chi connectivity index (χ2v) is 3.48. The van der Waals surface area contributed by atoms with Crippen LogP contribution in [0.15, 0.2) is 12.4 Å². The van der Waals surface area contributed by atoms with Gasteiger partial charge in [-0.3, -0.25) is 0 Å². The molecule has 0 aliphatic rings. The van der Waals surface area contributed by atoms with Gasteiger partial charge in [-0.05, 0) is 6.92 Å². The first-order valence-electron chi connectivity index (χ1n) is 4.70. The Morgan fingerprint density at radius 1 is 1.62 bits per heavy atom. The SMILES string of the molecule is CC(C#N)CN(C)c1cnc(C(=O)O)cn1. The van der Waals surface area contributed by atoms with Crippen LogP contribution in [0.2, 0.25) is 0 Å². The summed E-state index contributed by atoms with van der Waals surface area (Å²) in [5, 5.41) is 17.3. The maximum Gasteiger partial charge on any atom is 0.356 e. The summed E-state index contributed by atoms with van der Waals surface area (Å²) in [6.07, 6.45) is 2.58. The van der Waals surface area contributed by atoms with Crippen LogP contribution in [0.1, 0.15) is 17.4 Å². The molecule has 0 aliphatic heterocycles. The third kappa shape index (κ3) is 2.92. The minimum Gasteiger partial charge on any atom is -0.476 e. The highest BCUT2D eigenvalue weighted by Gasteiger charge is 2.09. The molecule has 6 nitrogen and oxygen atoms in total. The van der Waals surface area contributed by atoms with Gasteiger partial charge >= 0.3 is 5.97 Å². The highest BCUT2D eigenvalue weighted by Crippen LogP contribution is 2.08. The van der Waals surface area contributed by atoms with Crippen LogP contribution >= 0.6 is 0 Å². The lowest BCUT2D eigenvalue weighted by Gasteiger charge is -2.18. The van der Waals surface area contributed by atoms with E-state index in [9.17, 15) is 4.79 Å². The molecule has 0 fully saturated rings. The molecule has 1 aromatic rings. The van der Waals surface area contributed by atoms with Gasteiger partial charge in [0.05, 0.1) is 24.4 Å². The maximum absolute atomic E-state index is 10.5. The molecule has 0 aliphatic carbocycles. The third-order valence-electron chi connectivity index (χ3n) is 2.02. The van der Waals surface area contributed by atoms with Crippen LogP contribution in [0.5, 0.6) is 0 Å². The molecular weight excluding hydrogens is 208 g/mol. The van der Waals surface area contributed by atoms with E-state index in [1.807, 2.05) is 0 Å². The first-order valence-corrected chi connectivity index (χ1v) is 4.70.